The van der Waals surface area contributed by atoms with Crippen LogP contribution in [0.3, 0.4) is 0 Å². The Bertz CT molecular complexity index is 549. The molecule has 4 nitrogen and oxygen atoms in total. The van der Waals surface area contributed by atoms with E-state index in [9.17, 15) is 14.7 Å². The molecule has 5 heteroatoms. The molecule has 0 aliphatic carbocycles. The molecule has 0 atom stereocenters. The Morgan fingerprint density at radius 3 is 2.47 bits per heavy atom. The first-order valence-electron chi connectivity index (χ1n) is 4.85. The van der Waals surface area contributed by atoms with E-state index >= 15 is 0 Å². The van der Waals surface area contributed by atoms with Crippen LogP contribution in [0.2, 0.25) is 0 Å². The first-order chi connectivity index (χ1) is 8.18. The zero-order valence-corrected chi connectivity index (χ0v) is 9.53. The first kappa shape index (κ1) is 11.3. The maximum absolute atomic E-state index is 11.7. The van der Waals surface area contributed by atoms with Crippen LogP contribution in [0, 0.1) is 0 Å². The monoisotopic (exact) mass is 247 g/mol. The van der Waals surface area contributed by atoms with Gasteiger partial charge in [0.2, 0.25) is 0 Å². The highest BCUT2D eigenvalue weighted by Crippen LogP contribution is 2.15. The van der Waals surface area contributed by atoms with E-state index < -0.39 is 11.8 Å². The maximum Gasteiger partial charge on any atom is 0.268 e. The van der Waals surface area contributed by atoms with Gasteiger partial charge in [-0.3, -0.25) is 14.9 Å². The van der Waals surface area contributed by atoms with Crippen LogP contribution in [-0.2, 0) is 0 Å². The van der Waals surface area contributed by atoms with Gasteiger partial charge in [-0.15, -0.1) is 11.3 Å². The summed E-state index contributed by atoms with van der Waals surface area (Å²) >= 11 is 1.25. The average molecular weight is 247 g/mol. The molecule has 0 unspecified atom stereocenters. The summed E-state index contributed by atoms with van der Waals surface area (Å²) in [7, 11) is 0. The molecule has 0 fully saturated rings. The summed E-state index contributed by atoms with van der Waals surface area (Å²) in [6.07, 6.45) is 0. The minimum atomic E-state index is -0.610. The molecule has 2 rings (SSSR count). The quantitative estimate of drug-likeness (QED) is 0.798. The fourth-order valence-corrected chi connectivity index (χ4v) is 1.92. The van der Waals surface area contributed by atoms with Crippen LogP contribution in [0.5, 0.6) is 5.75 Å². The minimum absolute atomic E-state index is 0.0809. The number of carbonyl (C=O) groups excluding carboxylic acids is 2. The highest BCUT2D eigenvalue weighted by molar-refractivity contribution is 7.12. The number of phenolic OH excluding ortho intramolecular Hbond substituents is 1. The van der Waals surface area contributed by atoms with E-state index in [4.69, 9.17) is 0 Å². The molecule has 0 radical (unpaired) electrons. The molecule has 2 N–H and O–H groups in total. The number of nitrogens with one attached hydrogen (secondary N) is 1. The molecule has 86 valence electrons. The van der Waals surface area contributed by atoms with Crippen LogP contribution in [-0.4, -0.2) is 16.9 Å². The second-order valence-corrected chi connectivity index (χ2v) is 4.23. The first-order valence-corrected chi connectivity index (χ1v) is 5.73. The van der Waals surface area contributed by atoms with Crippen molar-refractivity contribution < 1.29 is 14.7 Å². The van der Waals surface area contributed by atoms with Crippen LogP contribution in [0.1, 0.15) is 20.0 Å². The zero-order chi connectivity index (χ0) is 12.3. The van der Waals surface area contributed by atoms with Crippen LogP contribution in [0.4, 0.5) is 0 Å². The zero-order valence-electron chi connectivity index (χ0n) is 8.71. The fraction of sp³-hybridized carbons (Fsp3) is 0. The third-order valence-electron chi connectivity index (χ3n) is 2.12. The molecule has 2 amide bonds. The third-order valence-corrected chi connectivity index (χ3v) is 2.99. The smallest absolute Gasteiger partial charge is 0.268 e. The van der Waals surface area contributed by atoms with Gasteiger partial charge >= 0.3 is 0 Å². The lowest BCUT2D eigenvalue weighted by Crippen LogP contribution is -2.29. The summed E-state index contributed by atoms with van der Waals surface area (Å²) in [5.41, 5.74) is 0.0809. The van der Waals surface area contributed by atoms with Crippen molar-refractivity contribution in [3.8, 4) is 5.75 Å². The van der Waals surface area contributed by atoms with Gasteiger partial charge in [-0.1, -0.05) is 18.2 Å². The van der Waals surface area contributed by atoms with Gasteiger partial charge in [0, 0.05) is 0 Å². The summed E-state index contributed by atoms with van der Waals surface area (Å²) in [6.45, 7) is 0. The number of hydrogen-bond donors (Lipinski definition) is 2. The average Bonchev–Trinajstić information content (AvgIpc) is 2.82. The van der Waals surface area contributed by atoms with Gasteiger partial charge in [0.1, 0.15) is 5.75 Å². The standard InChI is InChI=1S/C12H9NO3S/c14-9-5-2-1-4-8(9)11(15)13-12(16)10-6-3-7-17-10/h1-7,14H,(H,13,15,16). The number of thiophene rings is 1. The molecule has 1 aromatic carbocycles. The second-order valence-electron chi connectivity index (χ2n) is 3.28. The molecule has 0 saturated heterocycles. The Labute approximate surface area is 102 Å². The molecule has 17 heavy (non-hydrogen) atoms. The largest absolute Gasteiger partial charge is 0.507 e. The van der Waals surface area contributed by atoms with Gasteiger partial charge in [-0.05, 0) is 23.6 Å². The Morgan fingerprint density at radius 1 is 1.06 bits per heavy atom. The highest BCUT2D eigenvalue weighted by atomic mass is 32.1. The molecule has 1 aromatic heterocycles. The van der Waals surface area contributed by atoms with E-state index in [1.54, 1.807) is 29.6 Å². The van der Waals surface area contributed by atoms with Crippen molar-refractivity contribution in [2.75, 3.05) is 0 Å². The topological polar surface area (TPSA) is 66.4 Å². The van der Waals surface area contributed by atoms with Crippen molar-refractivity contribution in [1.82, 2.24) is 5.32 Å². The van der Waals surface area contributed by atoms with Crippen LogP contribution in [0.25, 0.3) is 0 Å². The lowest BCUT2D eigenvalue weighted by atomic mass is 10.2. The van der Waals surface area contributed by atoms with Gasteiger partial charge in [-0.2, -0.15) is 0 Å². The number of phenols is 1. The lowest BCUT2D eigenvalue weighted by molar-refractivity contribution is 0.0850. The summed E-state index contributed by atoms with van der Waals surface area (Å²) in [5.74, 6) is -1.22. The van der Waals surface area contributed by atoms with Crippen molar-refractivity contribution in [3.05, 3.63) is 52.2 Å². The fourth-order valence-electron chi connectivity index (χ4n) is 1.31. The normalized spacial score (nSPS) is 9.88. The number of aromatic hydroxyl groups is 1. The number of para-hydroxylation sites is 1. The van der Waals surface area contributed by atoms with Crippen molar-refractivity contribution in [2.24, 2.45) is 0 Å². The van der Waals surface area contributed by atoms with Gasteiger partial charge in [0.15, 0.2) is 0 Å². The van der Waals surface area contributed by atoms with Gasteiger partial charge in [0.25, 0.3) is 11.8 Å². The molecule has 0 bridgehead atoms. The predicted molar refractivity (Wildman–Crippen MR) is 64.2 cm³/mol. The lowest BCUT2D eigenvalue weighted by Gasteiger charge is -2.04. The Kier molecular flexibility index (Phi) is 3.20. The number of rotatable bonds is 2. The van der Waals surface area contributed by atoms with E-state index in [0.717, 1.165) is 0 Å². The van der Waals surface area contributed by atoms with E-state index in [1.807, 2.05) is 0 Å². The number of benzene rings is 1. The number of carbonyl (C=O) groups is 2. The minimum Gasteiger partial charge on any atom is -0.507 e. The van der Waals surface area contributed by atoms with Crippen LogP contribution >= 0.6 is 11.3 Å². The maximum atomic E-state index is 11.7. The van der Waals surface area contributed by atoms with Crippen molar-refractivity contribution in [1.29, 1.82) is 0 Å². The van der Waals surface area contributed by atoms with Gasteiger partial charge < -0.3 is 5.11 Å². The van der Waals surface area contributed by atoms with Crippen LogP contribution in [0.15, 0.2) is 41.8 Å². The number of hydrogen-bond acceptors (Lipinski definition) is 4. The van der Waals surface area contributed by atoms with E-state index in [2.05, 4.69) is 5.32 Å². The Hall–Kier alpha value is -2.14. The van der Waals surface area contributed by atoms with Gasteiger partial charge in [-0.25, -0.2) is 0 Å². The van der Waals surface area contributed by atoms with Crippen molar-refractivity contribution in [2.45, 2.75) is 0 Å². The summed E-state index contributed by atoms with van der Waals surface area (Å²) in [4.78, 5) is 23.7. The summed E-state index contributed by atoms with van der Waals surface area (Å²) in [5, 5.41) is 13.4. The molecule has 0 saturated carbocycles. The molecular formula is C12H9NO3S. The second kappa shape index (κ2) is 4.80. The molecule has 0 aliphatic heterocycles. The number of imide groups is 1. The van der Waals surface area contributed by atoms with Gasteiger partial charge in [0.05, 0.1) is 10.4 Å². The SMILES string of the molecule is O=C(NC(=O)c1ccccc1O)c1cccs1. The third kappa shape index (κ3) is 2.51. The molecular weight excluding hydrogens is 238 g/mol. The Morgan fingerprint density at radius 2 is 1.82 bits per heavy atom. The Balaban J connectivity index is 2.13. The molecule has 0 aliphatic rings. The summed E-state index contributed by atoms with van der Waals surface area (Å²) < 4.78 is 0. The van der Waals surface area contributed by atoms with E-state index in [1.165, 1.54) is 23.5 Å². The molecule has 0 spiro atoms. The van der Waals surface area contributed by atoms with E-state index in [-0.39, 0.29) is 11.3 Å². The highest BCUT2D eigenvalue weighted by Gasteiger charge is 2.15. The van der Waals surface area contributed by atoms with E-state index in [0.29, 0.717) is 4.88 Å². The predicted octanol–water partition coefficient (Wildman–Crippen LogP) is 2.02. The molecule has 1 heterocycles. The summed E-state index contributed by atoms with van der Waals surface area (Å²) in [6, 6.07) is 9.41. The van der Waals surface area contributed by atoms with Crippen molar-refractivity contribution in [3.63, 3.8) is 0 Å². The molecule has 2 aromatic rings. The van der Waals surface area contributed by atoms with Crippen LogP contribution < -0.4 is 5.32 Å². The number of amides is 2. The van der Waals surface area contributed by atoms with Crippen molar-refractivity contribution >= 4 is 23.2 Å².